The predicted octanol–water partition coefficient (Wildman–Crippen LogP) is 3.06. The topological polar surface area (TPSA) is 53.7 Å². The number of rotatable bonds is 5. The zero-order valence-electron chi connectivity index (χ0n) is 10.4. The summed E-state index contributed by atoms with van der Waals surface area (Å²) in [5, 5.41) is 0.581. The van der Waals surface area contributed by atoms with Gasteiger partial charge in [-0.25, -0.2) is 5.90 Å². The molecule has 4 nitrogen and oxygen atoms in total. The number of hydrogen-bond acceptors (Lipinski definition) is 4. The summed E-state index contributed by atoms with van der Waals surface area (Å²) in [6.45, 7) is 0.249. The van der Waals surface area contributed by atoms with Gasteiger partial charge in [0, 0.05) is 16.7 Å². The molecule has 2 N–H and O–H groups in total. The molecule has 0 radical (unpaired) electrons. The van der Waals surface area contributed by atoms with Crippen LogP contribution >= 0.6 is 11.6 Å². The first-order valence-corrected chi connectivity index (χ1v) is 6.47. The van der Waals surface area contributed by atoms with Crippen molar-refractivity contribution in [1.29, 1.82) is 0 Å². The van der Waals surface area contributed by atoms with Gasteiger partial charge in [0.05, 0.1) is 19.8 Å². The van der Waals surface area contributed by atoms with Crippen molar-refractivity contribution < 1.29 is 14.3 Å². The molecule has 2 rings (SSSR count). The molecule has 0 atom stereocenters. The van der Waals surface area contributed by atoms with E-state index in [0.29, 0.717) is 16.5 Å². The Morgan fingerprint density at radius 2 is 2.06 bits per heavy atom. The van der Waals surface area contributed by atoms with Crippen LogP contribution in [0.1, 0.15) is 31.2 Å². The third-order valence-corrected chi connectivity index (χ3v) is 3.36. The van der Waals surface area contributed by atoms with Crippen molar-refractivity contribution in [1.82, 2.24) is 0 Å². The van der Waals surface area contributed by atoms with Gasteiger partial charge in [0.15, 0.2) is 11.5 Å². The lowest BCUT2D eigenvalue weighted by atomic mass is 10.2. The highest BCUT2D eigenvalue weighted by atomic mass is 35.5. The third-order valence-electron chi connectivity index (χ3n) is 3.14. The first kappa shape index (κ1) is 13.5. The van der Waals surface area contributed by atoms with E-state index in [9.17, 15) is 0 Å². The lowest BCUT2D eigenvalue weighted by Crippen LogP contribution is -2.14. The van der Waals surface area contributed by atoms with Crippen LogP contribution in [-0.4, -0.2) is 13.2 Å². The summed E-state index contributed by atoms with van der Waals surface area (Å²) in [5.74, 6) is 6.46. The molecule has 1 saturated carbocycles. The van der Waals surface area contributed by atoms with Crippen LogP contribution in [0.4, 0.5) is 0 Å². The van der Waals surface area contributed by atoms with Gasteiger partial charge in [-0.1, -0.05) is 11.6 Å². The van der Waals surface area contributed by atoms with Gasteiger partial charge < -0.3 is 9.47 Å². The fourth-order valence-electron chi connectivity index (χ4n) is 2.28. The van der Waals surface area contributed by atoms with Crippen molar-refractivity contribution in [3.8, 4) is 11.5 Å². The first-order chi connectivity index (χ1) is 8.74. The van der Waals surface area contributed by atoms with Crippen molar-refractivity contribution in [3.63, 3.8) is 0 Å². The third kappa shape index (κ3) is 3.07. The number of hydrogen-bond donors (Lipinski definition) is 1. The van der Waals surface area contributed by atoms with Gasteiger partial charge in [-0.3, -0.25) is 4.84 Å². The summed E-state index contributed by atoms with van der Waals surface area (Å²) in [6, 6.07) is 3.53. The Bertz CT molecular complexity index is 405. The highest BCUT2D eigenvalue weighted by Crippen LogP contribution is 2.37. The second-order valence-electron chi connectivity index (χ2n) is 4.43. The lowest BCUT2D eigenvalue weighted by Gasteiger charge is -2.19. The molecule has 1 aliphatic rings. The summed E-state index contributed by atoms with van der Waals surface area (Å²) in [4.78, 5) is 4.69. The predicted molar refractivity (Wildman–Crippen MR) is 69.9 cm³/mol. The Hall–Kier alpha value is -0.970. The number of nitrogens with two attached hydrogens (primary N) is 1. The van der Waals surface area contributed by atoms with E-state index < -0.39 is 0 Å². The van der Waals surface area contributed by atoms with Crippen LogP contribution in [0.15, 0.2) is 12.1 Å². The second kappa shape index (κ2) is 6.27. The standard InChI is InChI=1S/C13H18ClNO3/c1-16-12-7-10(14)6-9(8-17-15)13(12)18-11-4-2-3-5-11/h6-7,11H,2-5,8,15H2,1H3. The molecule has 1 aromatic rings. The normalized spacial score (nSPS) is 15.9. The number of methoxy groups -OCH3 is 1. The summed E-state index contributed by atoms with van der Waals surface area (Å²) < 4.78 is 11.3. The number of halogens is 1. The van der Waals surface area contributed by atoms with E-state index in [-0.39, 0.29) is 12.7 Å². The van der Waals surface area contributed by atoms with Gasteiger partial charge in [0.1, 0.15) is 0 Å². The summed E-state index contributed by atoms with van der Waals surface area (Å²) >= 11 is 6.02. The quantitative estimate of drug-likeness (QED) is 0.837. The maximum Gasteiger partial charge on any atom is 0.167 e. The van der Waals surface area contributed by atoms with Crippen molar-refractivity contribution in [2.24, 2.45) is 5.90 Å². The van der Waals surface area contributed by atoms with Crippen LogP contribution in [0.25, 0.3) is 0 Å². The molecule has 0 aliphatic heterocycles. The largest absolute Gasteiger partial charge is 0.493 e. The van der Waals surface area contributed by atoms with E-state index in [2.05, 4.69) is 0 Å². The zero-order valence-corrected chi connectivity index (χ0v) is 11.2. The lowest BCUT2D eigenvalue weighted by molar-refractivity contribution is 0.117. The fourth-order valence-corrected chi connectivity index (χ4v) is 2.51. The molecule has 1 fully saturated rings. The van der Waals surface area contributed by atoms with E-state index in [0.717, 1.165) is 18.4 Å². The minimum atomic E-state index is 0.247. The number of benzene rings is 1. The van der Waals surface area contributed by atoms with Crippen molar-refractivity contribution in [2.45, 2.75) is 38.4 Å². The van der Waals surface area contributed by atoms with Crippen molar-refractivity contribution in [3.05, 3.63) is 22.7 Å². The summed E-state index contributed by atoms with van der Waals surface area (Å²) in [5.41, 5.74) is 0.814. The van der Waals surface area contributed by atoms with Crippen molar-refractivity contribution >= 4 is 11.6 Å². The zero-order chi connectivity index (χ0) is 13.0. The Kier molecular flexibility index (Phi) is 4.69. The average Bonchev–Trinajstić information content (AvgIpc) is 2.85. The number of ether oxygens (including phenoxy) is 2. The molecule has 0 spiro atoms. The van der Waals surface area contributed by atoms with Gasteiger partial charge in [0.25, 0.3) is 0 Å². The van der Waals surface area contributed by atoms with Crippen LogP contribution in [0.5, 0.6) is 11.5 Å². The fraction of sp³-hybridized carbons (Fsp3) is 0.538. The van der Waals surface area contributed by atoms with Gasteiger partial charge in [-0.2, -0.15) is 0 Å². The molecular weight excluding hydrogens is 254 g/mol. The minimum absolute atomic E-state index is 0.247. The molecule has 0 unspecified atom stereocenters. The van der Waals surface area contributed by atoms with Gasteiger partial charge in [-0.05, 0) is 31.7 Å². The highest BCUT2D eigenvalue weighted by Gasteiger charge is 2.21. The molecule has 0 saturated heterocycles. The van der Waals surface area contributed by atoms with E-state index >= 15 is 0 Å². The monoisotopic (exact) mass is 271 g/mol. The molecular formula is C13H18ClNO3. The maximum absolute atomic E-state index is 6.02. The Morgan fingerprint density at radius 3 is 2.67 bits per heavy atom. The van der Waals surface area contributed by atoms with E-state index in [1.165, 1.54) is 12.8 Å². The van der Waals surface area contributed by atoms with E-state index in [1.54, 1.807) is 19.2 Å². The van der Waals surface area contributed by atoms with Crippen LogP contribution in [0.2, 0.25) is 5.02 Å². The molecule has 0 heterocycles. The molecule has 100 valence electrons. The van der Waals surface area contributed by atoms with E-state index in [1.807, 2.05) is 0 Å². The van der Waals surface area contributed by atoms with Crippen LogP contribution in [0, 0.1) is 0 Å². The molecule has 0 amide bonds. The second-order valence-corrected chi connectivity index (χ2v) is 4.87. The molecule has 1 aromatic carbocycles. The SMILES string of the molecule is COc1cc(Cl)cc(CON)c1OC1CCCC1. The van der Waals surface area contributed by atoms with Gasteiger partial charge in [-0.15, -0.1) is 0 Å². The van der Waals surface area contributed by atoms with E-state index in [4.69, 9.17) is 31.8 Å². The Balaban J connectivity index is 2.28. The molecule has 0 bridgehead atoms. The molecule has 0 aromatic heterocycles. The average molecular weight is 272 g/mol. The van der Waals surface area contributed by atoms with Crippen LogP contribution in [-0.2, 0) is 11.4 Å². The van der Waals surface area contributed by atoms with Crippen molar-refractivity contribution in [2.75, 3.05) is 7.11 Å². The Morgan fingerprint density at radius 1 is 1.33 bits per heavy atom. The molecule has 18 heavy (non-hydrogen) atoms. The summed E-state index contributed by atoms with van der Waals surface area (Å²) in [6.07, 6.45) is 4.83. The smallest absolute Gasteiger partial charge is 0.167 e. The molecule has 5 heteroatoms. The van der Waals surface area contributed by atoms with Crippen LogP contribution in [0.3, 0.4) is 0 Å². The first-order valence-electron chi connectivity index (χ1n) is 6.09. The van der Waals surface area contributed by atoms with Gasteiger partial charge >= 0.3 is 0 Å². The van der Waals surface area contributed by atoms with Crippen LogP contribution < -0.4 is 15.4 Å². The molecule has 1 aliphatic carbocycles. The Labute approximate surface area is 112 Å². The summed E-state index contributed by atoms with van der Waals surface area (Å²) in [7, 11) is 1.60. The highest BCUT2D eigenvalue weighted by molar-refractivity contribution is 6.30. The van der Waals surface area contributed by atoms with Gasteiger partial charge in [0.2, 0.25) is 0 Å². The minimum Gasteiger partial charge on any atom is -0.493 e. The maximum atomic E-state index is 6.02.